The standard InChI is InChI=1S/C17H15ClN4O/c1-10-4-3-5-12(8-10)17-20-16(15(19)23)21-22(17)14-9-13(18)7-6-11(14)2/h3-9H,1-2H3,(H2,19,23). The van der Waals surface area contributed by atoms with Crippen molar-refractivity contribution in [2.45, 2.75) is 13.8 Å². The maximum atomic E-state index is 11.5. The lowest BCUT2D eigenvalue weighted by Gasteiger charge is -2.10. The van der Waals surface area contributed by atoms with Crippen LogP contribution in [0.3, 0.4) is 0 Å². The van der Waals surface area contributed by atoms with Crippen LogP contribution in [0.25, 0.3) is 17.1 Å². The summed E-state index contributed by atoms with van der Waals surface area (Å²) in [7, 11) is 0. The fraction of sp³-hybridized carbons (Fsp3) is 0.118. The van der Waals surface area contributed by atoms with Gasteiger partial charge >= 0.3 is 0 Å². The SMILES string of the molecule is Cc1cccc(-c2nc(C(N)=O)nn2-c2cc(Cl)ccc2C)c1. The minimum atomic E-state index is -0.669. The van der Waals surface area contributed by atoms with Gasteiger partial charge in [0.25, 0.3) is 5.91 Å². The van der Waals surface area contributed by atoms with Crippen LogP contribution in [0, 0.1) is 13.8 Å². The molecule has 0 fully saturated rings. The molecule has 0 spiro atoms. The second-order valence-corrected chi connectivity index (χ2v) is 5.77. The van der Waals surface area contributed by atoms with Crippen molar-refractivity contribution in [1.29, 1.82) is 0 Å². The van der Waals surface area contributed by atoms with Crippen molar-refractivity contribution < 1.29 is 4.79 Å². The lowest BCUT2D eigenvalue weighted by molar-refractivity contribution is 0.0990. The molecule has 0 bridgehead atoms. The third-order valence-corrected chi connectivity index (χ3v) is 3.74. The molecule has 116 valence electrons. The van der Waals surface area contributed by atoms with E-state index in [1.165, 1.54) is 0 Å². The summed E-state index contributed by atoms with van der Waals surface area (Å²) in [5, 5.41) is 4.84. The molecule has 0 aliphatic rings. The van der Waals surface area contributed by atoms with Crippen LogP contribution in [-0.4, -0.2) is 20.7 Å². The van der Waals surface area contributed by atoms with Crippen molar-refractivity contribution in [2.24, 2.45) is 5.73 Å². The van der Waals surface area contributed by atoms with Crippen LogP contribution in [-0.2, 0) is 0 Å². The highest BCUT2D eigenvalue weighted by Crippen LogP contribution is 2.25. The van der Waals surface area contributed by atoms with Gasteiger partial charge in [0.1, 0.15) is 0 Å². The molecule has 1 amide bonds. The zero-order valence-electron chi connectivity index (χ0n) is 12.7. The average molecular weight is 327 g/mol. The molecule has 3 aromatic rings. The summed E-state index contributed by atoms with van der Waals surface area (Å²) >= 11 is 6.11. The Kier molecular flexibility index (Phi) is 3.88. The topological polar surface area (TPSA) is 73.8 Å². The van der Waals surface area contributed by atoms with Crippen molar-refractivity contribution in [1.82, 2.24) is 14.8 Å². The highest BCUT2D eigenvalue weighted by atomic mass is 35.5. The maximum Gasteiger partial charge on any atom is 0.288 e. The lowest BCUT2D eigenvalue weighted by atomic mass is 10.1. The number of hydrogen-bond donors (Lipinski definition) is 1. The minimum Gasteiger partial charge on any atom is -0.363 e. The van der Waals surface area contributed by atoms with Gasteiger partial charge < -0.3 is 5.73 Å². The van der Waals surface area contributed by atoms with Crippen LogP contribution in [0.2, 0.25) is 5.02 Å². The highest BCUT2D eigenvalue weighted by Gasteiger charge is 2.18. The second-order valence-electron chi connectivity index (χ2n) is 5.34. The number of halogens is 1. The Balaban J connectivity index is 2.27. The summed E-state index contributed by atoms with van der Waals surface area (Å²) in [4.78, 5) is 15.8. The van der Waals surface area contributed by atoms with Crippen LogP contribution in [0.15, 0.2) is 42.5 Å². The van der Waals surface area contributed by atoms with Gasteiger partial charge in [0.15, 0.2) is 5.82 Å². The molecule has 0 saturated carbocycles. The first kappa shape index (κ1) is 15.2. The molecule has 0 aliphatic carbocycles. The van der Waals surface area contributed by atoms with E-state index in [1.54, 1.807) is 16.8 Å². The van der Waals surface area contributed by atoms with E-state index in [0.717, 1.165) is 22.4 Å². The zero-order chi connectivity index (χ0) is 16.6. The van der Waals surface area contributed by atoms with Crippen LogP contribution < -0.4 is 5.73 Å². The van der Waals surface area contributed by atoms with Crippen molar-refractivity contribution in [3.8, 4) is 17.1 Å². The highest BCUT2D eigenvalue weighted by molar-refractivity contribution is 6.30. The van der Waals surface area contributed by atoms with E-state index < -0.39 is 5.91 Å². The predicted octanol–water partition coefficient (Wildman–Crippen LogP) is 3.30. The summed E-state index contributed by atoms with van der Waals surface area (Å²) < 4.78 is 1.61. The molecular formula is C17H15ClN4O. The summed E-state index contributed by atoms with van der Waals surface area (Å²) in [5.74, 6) is -0.147. The number of carbonyl (C=O) groups excluding carboxylic acids is 1. The average Bonchev–Trinajstić information content (AvgIpc) is 2.95. The molecule has 3 rings (SSSR count). The number of nitrogens with zero attached hydrogens (tertiary/aromatic N) is 3. The van der Waals surface area contributed by atoms with Gasteiger partial charge in [-0.1, -0.05) is 41.4 Å². The number of hydrogen-bond acceptors (Lipinski definition) is 3. The second kappa shape index (κ2) is 5.85. The van der Waals surface area contributed by atoms with Crippen molar-refractivity contribution in [3.05, 3.63) is 64.4 Å². The van der Waals surface area contributed by atoms with Crippen molar-refractivity contribution >= 4 is 17.5 Å². The van der Waals surface area contributed by atoms with Crippen LogP contribution in [0.5, 0.6) is 0 Å². The number of nitrogens with two attached hydrogens (primary N) is 1. The van der Waals surface area contributed by atoms with Crippen LogP contribution >= 0.6 is 11.6 Å². The third kappa shape index (κ3) is 2.96. The summed E-state index contributed by atoms with van der Waals surface area (Å²) in [5.41, 5.74) is 9.00. The van der Waals surface area contributed by atoms with E-state index in [9.17, 15) is 4.79 Å². The molecule has 0 aliphatic heterocycles. The van der Waals surface area contributed by atoms with Gasteiger partial charge in [-0.25, -0.2) is 9.67 Å². The summed E-state index contributed by atoms with van der Waals surface area (Å²) in [6, 6.07) is 13.3. The Labute approximate surface area is 138 Å². The normalized spacial score (nSPS) is 10.7. The number of benzene rings is 2. The molecular weight excluding hydrogens is 312 g/mol. The minimum absolute atomic E-state index is 0.0270. The van der Waals surface area contributed by atoms with E-state index in [0.29, 0.717) is 10.8 Å². The van der Waals surface area contributed by atoms with Gasteiger partial charge in [-0.15, -0.1) is 5.10 Å². The molecule has 1 aromatic heterocycles. The fourth-order valence-electron chi connectivity index (χ4n) is 2.37. The Hall–Kier alpha value is -2.66. The zero-order valence-corrected chi connectivity index (χ0v) is 13.5. The van der Waals surface area contributed by atoms with Crippen LogP contribution in [0.4, 0.5) is 0 Å². The Morgan fingerprint density at radius 2 is 1.96 bits per heavy atom. The van der Waals surface area contributed by atoms with Gasteiger partial charge in [-0.2, -0.15) is 0 Å². The van der Waals surface area contributed by atoms with Crippen molar-refractivity contribution in [3.63, 3.8) is 0 Å². The number of amides is 1. The van der Waals surface area contributed by atoms with Gasteiger partial charge in [0.2, 0.25) is 5.82 Å². The monoisotopic (exact) mass is 326 g/mol. The molecule has 23 heavy (non-hydrogen) atoms. The summed E-state index contributed by atoms with van der Waals surface area (Å²) in [6.45, 7) is 3.93. The lowest BCUT2D eigenvalue weighted by Crippen LogP contribution is -2.13. The number of carbonyl (C=O) groups is 1. The van der Waals surface area contributed by atoms with Crippen LogP contribution in [0.1, 0.15) is 21.7 Å². The summed E-state index contributed by atoms with van der Waals surface area (Å²) in [6.07, 6.45) is 0. The largest absolute Gasteiger partial charge is 0.363 e. The molecule has 1 heterocycles. The third-order valence-electron chi connectivity index (χ3n) is 3.50. The van der Waals surface area contributed by atoms with E-state index in [2.05, 4.69) is 10.1 Å². The number of aromatic nitrogens is 3. The molecule has 2 N–H and O–H groups in total. The quantitative estimate of drug-likeness (QED) is 0.802. The van der Waals surface area contributed by atoms with E-state index in [4.69, 9.17) is 17.3 Å². The fourth-order valence-corrected chi connectivity index (χ4v) is 2.53. The Morgan fingerprint density at radius 3 is 2.65 bits per heavy atom. The van der Waals surface area contributed by atoms with Gasteiger partial charge in [0.05, 0.1) is 5.69 Å². The van der Waals surface area contributed by atoms with Gasteiger partial charge in [-0.3, -0.25) is 4.79 Å². The predicted molar refractivity (Wildman–Crippen MR) is 89.8 cm³/mol. The number of primary amides is 1. The van der Waals surface area contributed by atoms with E-state index in [1.807, 2.05) is 44.2 Å². The molecule has 2 aromatic carbocycles. The van der Waals surface area contributed by atoms with Crippen molar-refractivity contribution in [2.75, 3.05) is 0 Å². The van der Waals surface area contributed by atoms with E-state index in [-0.39, 0.29) is 5.82 Å². The molecule has 6 heteroatoms. The molecule has 0 atom stereocenters. The molecule has 0 unspecified atom stereocenters. The number of rotatable bonds is 3. The Bertz CT molecular complexity index is 901. The first-order chi connectivity index (χ1) is 11.0. The Morgan fingerprint density at radius 1 is 1.17 bits per heavy atom. The molecule has 0 radical (unpaired) electrons. The van der Waals surface area contributed by atoms with E-state index >= 15 is 0 Å². The smallest absolute Gasteiger partial charge is 0.288 e. The molecule has 5 nitrogen and oxygen atoms in total. The molecule has 0 saturated heterocycles. The van der Waals surface area contributed by atoms with Gasteiger partial charge in [-0.05, 0) is 37.6 Å². The number of aryl methyl sites for hydroxylation is 2. The maximum absolute atomic E-state index is 11.5. The first-order valence-electron chi connectivity index (χ1n) is 7.06. The van der Waals surface area contributed by atoms with Gasteiger partial charge in [0, 0.05) is 10.6 Å². The first-order valence-corrected chi connectivity index (χ1v) is 7.44.